The molecule has 1 amide bonds. The number of ether oxygens (including phenoxy) is 2. The van der Waals surface area contributed by atoms with Crippen molar-refractivity contribution in [2.75, 3.05) is 18.1 Å². The smallest absolute Gasteiger partial charge is 0.414 e. The first-order valence-corrected chi connectivity index (χ1v) is 9.01. The molecule has 0 radical (unpaired) electrons. The first-order chi connectivity index (χ1) is 14.3. The number of aliphatic carboxylic acids is 2. The Morgan fingerprint density at radius 2 is 1.70 bits per heavy atom. The molecule has 0 bridgehead atoms. The SMILES string of the molecule is N#Cc1ccc(N2CC(COc3cc(CC(=O)O)cc(CC(=O)O)c3)OC2=O)cc1. The van der Waals surface area contributed by atoms with E-state index in [-0.39, 0.29) is 26.0 Å². The summed E-state index contributed by atoms with van der Waals surface area (Å²) < 4.78 is 11.0. The Balaban J connectivity index is 1.67. The minimum atomic E-state index is -1.05. The molecule has 1 aliphatic heterocycles. The van der Waals surface area contributed by atoms with Gasteiger partial charge >= 0.3 is 18.0 Å². The summed E-state index contributed by atoms with van der Waals surface area (Å²) in [6.45, 7) is 0.253. The molecule has 0 spiro atoms. The van der Waals surface area contributed by atoms with Crippen molar-refractivity contribution in [1.29, 1.82) is 5.26 Å². The molecular weight excluding hydrogens is 392 g/mol. The third-order valence-electron chi connectivity index (χ3n) is 4.35. The van der Waals surface area contributed by atoms with E-state index in [0.29, 0.717) is 28.1 Å². The highest BCUT2D eigenvalue weighted by Gasteiger charge is 2.32. The van der Waals surface area contributed by atoms with Gasteiger partial charge in [-0.15, -0.1) is 0 Å². The van der Waals surface area contributed by atoms with Crippen molar-refractivity contribution in [3.8, 4) is 11.8 Å². The monoisotopic (exact) mass is 410 g/mol. The lowest BCUT2D eigenvalue weighted by Crippen LogP contribution is -2.26. The molecule has 2 N–H and O–H groups in total. The first kappa shape index (κ1) is 20.7. The summed E-state index contributed by atoms with van der Waals surface area (Å²) in [4.78, 5) is 35.6. The van der Waals surface area contributed by atoms with Gasteiger partial charge in [-0.3, -0.25) is 14.5 Å². The predicted molar refractivity (Wildman–Crippen MR) is 103 cm³/mol. The van der Waals surface area contributed by atoms with Gasteiger partial charge in [0.2, 0.25) is 0 Å². The maximum Gasteiger partial charge on any atom is 0.414 e. The van der Waals surface area contributed by atoms with E-state index in [4.69, 9.17) is 24.9 Å². The van der Waals surface area contributed by atoms with Crippen LogP contribution in [-0.4, -0.2) is 47.5 Å². The zero-order valence-corrected chi connectivity index (χ0v) is 15.8. The van der Waals surface area contributed by atoms with Gasteiger partial charge in [0, 0.05) is 5.69 Å². The summed E-state index contributed by atoms with van der Waals surface area (Å²) in [5, 5.41) is 26.9. The van der Waals surface area contributed by atoms with Crippen molar-refractivity contribution < 1.29 is 34.1 Å². The lowest BCUT2D eigenvalue weighted by molar-refractivity contribution is -0.137. The number of hydrogen-bond acceptors (Lipinski definition) is 6. The minimum Gasteiger partial charge on any atom is -0.490 e. The third-order valence-corrected chi connectivity index (χ3v) is 4.35. The van der Waals surface area contributed by atoms with Crippen molar-refractivity contribution in [3.63, 3.8) is 0 Å². The highest BCUT2D eigenvalue weighted by atomic mass is 16.6. The molecule has 1 atom stereocenters. The number of carboxylic acids is 2. The van der Waals surface area contributed by atoms with E-state index < -0.39 is 24.1 Å². The van der Waals surface area contributed by atoms with Crippen LogP contribution in [0.2, 0.25) is 0 Å². The molecular formula is C21H18N2O7. The van der Waals surface area contributed by atoms with Gasteiger partial charge in [-0.25, -0.2) is 4.79 Å². The lowest BCUT2D eigenvalue weighted by atomic mass is 10.1. The number of cyclic esters (lactones) is 1. The number of benzene rings is 2. The van der Waals surface area contributed by atoms with E-state index in [2.05, 4.69) is 0 Å². The summed E-state index contributed by atoms with van der Waals surface area (Å²) in [5.41, 5.74) is 1.90. The number of nitriles is 1. The van der Waals surface area contributed by atoms with Crippen LogP contribution in [0.4, 0.5) is 10.5 Å². The molecule has 3 rings (SSSR count). The second-order valence-corrected chi connectivity index (χ2v) is 6.71. The Morgan fingerprint density at radius 3 is 2.23 bits per heavy atom. The summed E-state index contributed by atoms with van der Waals surface area (Å²) in [5.74, 6) is -1.79. The topological polar surface area (TPSA) is 137 Å². The molecule has 2 aromatic rings. The van der Waals surface area contributed by atoms with E-state index in [0.717, 1.165) is 0 Å². The number of carbonyl (C=O) groups excluding carboxylic acids is 1. The van der Waals surface area contributed by atoms with Gasteiger partial charge in [0.05, 0.1) is 31.0 Å². The molecule has 9 nitrogen and oxygen atoms in total. The quantitative estimate of drug-likeness (QED) is 0.676. The van der Waals surface area contributed by atoms with Gasteiger partial charge in [0.1, 0.15) is 12.4 Å². The lowest BCUT2D eigenvalue weighted by Gasteiger charge is -2.14. The molecule has 1 fully saturated rings. The van der Waals surface area contributed by atoms with Crippen LogP contribution in [0.15, 0.2) is 42.5 Å². The van der Waals surface area contributed by atoms with Crippen LogP contribution in [0.3, 0.4) is 0 Å². The predicted octanol–water partition coefficient (Wildman–Crippen LogP) is 2.22. The fourth-order valence-corrected chi connectivity index (χ4v) is 3.09. The van der Waals surface area contributed by atoms with Gasteiger partial charge in [-0.05, 0) is 47.5 Å². The van der Waals surface area contributed by atoms with E-state index in [1.54, 1.807) is 24.3 Å². The molecule has 154 valence electrons. The zero-order chi connectivity index (χ0) is 21.7. The minimum absolute atomic E-state index is 0.0154. The molecule has 0 saturated carbocycles. The van der Waals surface area contributed by atoms with E-state index in [1.807, 2.05) is 6.07 Å². The van der Waals surface area contributed by atoms with Gasteiger partial charge in [0.25, 0.3) is 0 Å². The van der Waals surface area contributed by atoms with Crippen molar-refractivity contribution in [2.45, 2.75) is 18.9 Å². The fourth-order valence-electron chi connectivity index (χ4n) is 3.09. The van der Waals surface area contributed by atoms with Crippen LogP contribution in [0.1, 0.15) is 16.7 Å². The van der Waals surface area contributed by atoms with Crippen molar-refractivity contribution in [1.82, 2.24) is 0 Å². The molecule has 2 aromatic carbocycles. The van der Waals surface area contributed by atoms with Gasteiger partial charge < -0.3 is 19.7 Å². The van der Waals surface area contributed by atoms with Crippen LogP contribution < -0.4 is 9.64 Å². The van der Waals surface area contributed by atoms with Gasteiger partial charge in [-0.1, -0.05) is 6.07 Å². The number of amides is 1. The van der Waals surface area contributed by atoms with Crippen LogP contribution in [0, 0.1) is 11.3 Å². The maximum absolute atomic E-state index is 12.2. The number of carbonyl (C=O) groups is 3. The average molecular weight is 410 g/mol. The largest absolute Gasteiger partial charge is 0.490 e. The summed E-state index contributed by atoms with van der Waals surface area (Å²) in [6, 6.07) is 13.1. The average Bonchev–Trinajstić information content (AvgIpc) is 3.06. The van der Waals surface area contributed by atoms with Gasteiger partial charge in [0.15, 0.2) is 6.10 Å². The number of nitrogens with zero attached hydrogens (tertiary/aromatic N) is 2. The van der Waals surface area contributed by atoms with E-state index >= 15 is 0 Å². The number of carboxylic acid groups (broad SMARTS) is 2. The van der Waals surface area contributed by atoms with Crippen molar-refractivity contribution in [3.05, 3.63) is 59.2 Å². The van der Waals surface area contributed by atoms with Gasteiger partial charge in [-0.2, -0.15) is 5.26 Å². The Bertz CT molecular complexity index is 977. The van der Waals surface area contributed by atoms with Crippen LogP contribution in [0.5, 0.6) is 5.75 Å². The van der Waals surface area contributed by atoms with E-state index in [9.17, 15) is 14.4 Å². The number of rotatable bonds is 8. The number of hydrogen-bond donors (Lipinski definition) is 2. The molecule has 0 aromatic heterocycles. The molecule has 1 saturated heterocycles. The number of anilines is 1. The zero-order valence-electron chi connectivity index (χ0n) is 15.8. The molecule has 1 aliphatic rings. The van der Waals surface area contributed by atoms with Crippen LogP contribution >= 0.6 is 0 Å². The van der Waals surface area contributed by atoms with Crippen molar-refractivity contribution >= 4 is 23.7 Å². The molecule has 30 heavy (non-hydrogen) atoms. The molecule has 1 heterocycles. The summed E-state index contributed by atoms with van der Waals surface area (Å²) in [6.07, 6.45) is -1.65. The Hall–Kier alpha value is -4.06. The molecule has 9 heteroatoms. The summed E-state index contributed by atoms with van der Waals surface area (Å²) >= 11 is 0. The normalized spacial score (nSPS) is 15.4. The summed E-state index contributed by atoms with van der Waals surface area (Å²) in [7, 11) is 0. The first-order valence-electron chi connectivity index (χ1n) is 9.01. The highest BCUT2D eigenvalue weighted by Crippen LogP contribution is 2.24. The fraction of sp³-hybridized carbons (Fsp3) is 0.238. The Labute approximate surface area is 171 Å². The third kappa shape index (κ3) is 5.26. The maximum atomic E-state index is 12.2. The van der Waals surface area contributed by atoms with Crippen LogP contribution in [0.25, 0.3) is 0 Å². The standard InChI is InChI=1S/C21H18N2O7/c22-10-13-1-3-16(4-2-13)23-11-18(30-21(23)28)12-29-17-6-14(8-19(24)25)5-15(7-17)9-20(26)27/h1-7,18H,8-9,11-12H2,(H,24,25)(H,26,27). The van der Waals surface area contributed by atoms with E-state index in [1.165, 1.54) is 23.1 Å². The molecule has 1 unspecified atom stereocenters. The highest BCUT2D eigenvalue weighted by molar-refractivity contribution is 5.89. The molecule has 0 aliphatic carbocycles. The Kier molecular flexibility index (Phi) is 6.17. The Morgan fingerprint density at radius 1 is 1.10 bits per heavy atom. The second-order valence-electron chi connectivity index (χ2n) is 6.71. The second kappa shape index (κ2) is 8.96. The van der Waals surface area contributed by atoms with Crippen LogP contribution in [-0.2, 0) is 27.2 Å². The van der Waals surface area contributed by atoms with Crippen molar-refractivity contribution in [2.24, 2.45) is 0 Å².